The molecule has 0 atom stereocenters. The predicted molar refractivity (Wildman–Crippen MR) is 82.8 cm³/mol. The van der Waals surface area contributed by atoms with Gasteiger partial charge in [-0.1, -0.05) is 31.0 Å². The summed E-state index contributed by atoms with van der Waals surface area (Å²) >= 11 is 1.75. The van der Waals surface area contributed by atoms with E-state index in [4.69, 9.17) is 11.2 Å². The van der Waals surface area contributed by atoms with Crippen LogP contribution in [-0.4, -0.2) is 11.6 Å². The lowest BCUT2D eigenvalue weighted by atomic mass is 10.2. The van der Waals surface area contributed by atoms with E-state index in [1.165, 1.54) is 4.88 Å². The molecule has 2 aromatic rings. The molecule has 1 aromatic carbocycles. The van der Waals surface area contributed by atoms with Crippen LogP contribution in [-0.2, 0) is 19.5 Å². The summed E-state index contributed by atoms with van der Waals surface area (Å²) < 4.78 is 5.52. The fourth-order valence-corrected chi connectivity index (χ4v) is 2.64. The van der Waals surface area contributed by atoms with Crippen LogP contribution in [0.1, 0.15) is 22.4 Å². The highest BCUT2D eigenvalue weighted by Crippen LogP contribution is 2.18. The molecule has 1 N–H and O–H groups in total. The molecule has 0 spiro atoms. The van der Waals surface area contributed by atoms with E-state index in [1.807, 2.05) is 30.5 Å². The number of nitrogens with one attached hydrogen (secondary N) is 1. The maximum absolute atomic E-state index is 5.52. The van der Waals surface area contributed by atoms with Crippen molar-refractivity contribution in [1.82, 2.24) is 10.3 Å². The Labute approximate surface area is 124 Å². The largest absolute Gasteiger partial charge is 0.481 e. The fraction of sp³-hybridized carbons (Fsp3) is 0.312. The Bertz CT molecular complexity index is 586. The van der Waals surface area contributed by atoms with Gasteiger partial charge in [-0.05, 0) is 12.5 Å². The molecule has 0 amide bonds. The first-order valence-corrected chi connectivity index (χ1v) is 7.43. The van der Waals surface area contributed by atoms with Crippen LogP contribution in [0.2, 0.25) is 0 Å². The van der Waals surface area contributed by atoms with E-state index in [9.17, 15) is 0 Å². The SMILES string of the molecule is C#CCOc1ccccc1CNCc1ncc(CC)s1. The van der Waals surface area contributed by atoms with Crippen molar-refractivity contribution in [3.05, 3.63) is 45.9 Å². The van der Waals surface area contributed by atoms with Crippen LogP contribution >= 0.6 is 11.3 Å². The lowest BCUT2D eigenvalue weighted by molar-refractivity contribution is 0.365. The second-order valence-electron chi connectivity index (χ2n) is 4.28. The molecule has 3 nitrogen and oxygen atoms in total. The minimum Gasteiger partial charge on any atom is -0.481 e. The Balaban J connectivity index is 1.89. The zero-order chi connectivity index (χ0) is 14.2. The highest BCUT2D eigenvalue weighted by molar-refractivity contribution is 7.11. The number of hydrogen-bond donors (Lipinski definition) is 1. The predicted octanol–water partition coefficient (Wildman–Crippen LogP) is 3.01. The second kappa shape index (κ2) is 7.68. The van der Waals surface area contributed by atoms with E-state index in [0.29, 0.717) is 6.61 Å². The molecule has 4 heteroatoms. The van der Waals surface area contributed by atoms with Crippen molar-refractivity contribution in [3.63, 3.8) is 0 Å². The molecule has 0 bridgehead atoms. The lowest BCUT2D eigenvalue weighted by Crippen LogP contribution is -2.13. The fourth-order valence-electron chi connectivity index (χ4n) is 1.81. The molecule has 20 heavy (non-hydrogen) atoms. The van der Waals surface area contributed by atoms with E-state index in [2.05, 4.69) is 23.1 Å². The first-order valence-electron chi connectivity index (χ1n) is 6.62. The van der Waals surface area contributed by atoms with E-state index >= 15 is 0 Å². The van der Waals surface area contributed by atoms with Gasteiger partial charge in [0.05, 0.1) is 0 Å². The monoisotopic (exact) mass is 286 g/mol. The number of nitrogens with zero attached hydrogens (tertiary/aromatic N) is 1. The first kappa shape index (κ1) is 14.6. The minimum atomic E-state index is 0.295. The third-order valence-electron chi connectivity index (χ3n) is 2.83. The average molecular weight is 286 g/mol. The zero-order valence-corrected chi connectivity index (χ0v) is 12.4. The molecule has 0 aliphatic rings. The van der Waals surface area contributed by atoms with Crippen molar-refractivity contribution in [2.45, 2.75) is 26.4 Å². The third-order valence-corrected chi connectivity index (χ3v) is 3.97. The average Bonchev–Trinajstić information content (AvgIpc) is 2.94. The molecule has 0 radical (unpaired) electrons. The Hall–Kier alpha value is -1.83. The van der Waals surface area contributed by atoms with Crippen molar-refractivity contribution in [2.75, 3.05) is 6.61 Å². The van der Waals surface area contributed by atoms with Crippen molar-refractivity contribution in [3.8, 4) is 18.1 Å². The van der Waals surface area contributed by atoms with Crippen molar-refractivity contribution in [1.29, 1.82) is 0 Å². The number of aryl methyl sites for hydroxylation is 1. The summed E-state index contributed by atoms with van der Waals surface area (Å²) in [5.74, 6) is 3.32. The molecule has 0 saturated heterocycles. The zero-order valence-electron chi connectivity index (χ0n) is 11.6. The van der Waals surface area contributed by atoms with Gasteiger partial charge in [-0.25, -0.2) is 4.98 Å². The van der Waals surface area contributed by atoms with Gasteiger partial charge in [0.1, 0.15) is 17.4 Å². The molecule has 1 aromatic heterocycles. The van der Waals surface area contributed by atoms with Gasteiger partial charge in [0.15, 0.2) is 0 Å². The van der Waals surface area contributed by atoms with Gasteiger partial charge >= 0.3 is 0 Å². The van der Waals surface area contributed by atoms with Crippen LogP contribution in [0.25, 0.3) is 0 Å². The molecule has 0 aliphatic carbocycles. The number of hydrogen-bond acceptors (Lipinski definition) is 4. The van der Waals surface area contributed by atoms with Crippen LogP contribution in [0, 0.1) is 12.3 Å². The summed E-state index contributed by atoms with van der Waals surface area (Å²) in [6.07, 6.45) is 8.21. The summed E-state index contributed by atoms with van der Waals surface area (Å²) in [5, 5.41) is 4.50. The van der Waals surface area contributed by atoms with Gasteiger partial charge < -0.3 is 10.1 Å². The number of aromatic nitrogens is 1. The maximum Gasteiger partial charge on any atom is 0.148 e. The Morgan fingerprint density at radius 1 is 1.35 bits per heavy atom. The van der Waals surface area contributed by atoms with Gasteiger partial charge in [-0.3, -0.25) is 0 Å². The number of terminal acetylenes is 1. The van der Waals surface area contributed by atoms with Crippen molar-refractivity contribution in [2.24, 2.45) is 0 Å². The summed E-state index contributed by atoms with van der Waals surface area (Å²) in [6.45, 7) is 3.95. The smallest absolute Gasteiger partial charge is 0.148 e. The Morgan fingerprint density at radius 3 is 2.95 bits per heavy atom. The third kappa shape index (κ3) is 4.09. The van der Waals surface area contributed by atoms with Crippen LogP contribution in [0.4, 0.5) is 0 Å². The second-order valence-corrected chi connectivity index (χ2v) is 5.48. The van der Waals surface area contributed by atoms with E-state index in [-0.39, 0.29) is 0 Å². The van der Waals surface area contributed by atoms with Crippen LogP contribution in [0.5, 0.6) is 5.75 Å². The van der Waals surface area contributed by atoms with Crippen LogP contribution in [0.15, 0.2) is 30.5 Å². The van der Waals surface area contributed by atoms with Gasteiger partial charge in [-0.2, -0.15) is 0 Å². The molecular weight excluding hydrogens is 268 g/mol. The molecule has 0 unspecified atom stereocenters. The van der Waals surface area contributed by atoms with Crippen LogP contribution < -0.4 is 10.1 Å². The van der Waals surface area contributed by atoms with Gasteiger partial charge in [0.25, 0.3) is 0 Å². The van der Waals surface area contributed by atoms with Crippen molar-refractivity contribution < 1.29 is 4.74 Å². The molecular formula is C16H18N2OS. The molecule has 0 aliphatic heterocycles. The highest BCUT2D eigenvalue weighted by atomic mass is 32.1. The van der Waals surface area contributed by atoms with Gasteiger partial charge in [0, 0.05) is 29.7 Å². The van der Waals surface area contributed by atoms with Gasteiger partial charge in [-0.15, -0.1) is 17.8 Å². The quantitative estimate of drug-likeness (QED) is 0.795. The summed E-state index contributed by atoms with van der Waals surface area (Å²) in [6, 6.07) is 7.92. The van der Waals surface area contributed by atoms with E-state index in [1.54, 1.807) is 11.3 Å². The molecule has 1 heterocycles. The number of thiazole rings is 1. The maximum atomic E-state index is 5.52. The van der Waals surface area contributed by atoms with Crippen LogP contribution in [0.3, 0.4) is 0 Å². The topological polar surface area (TPSA) is 34.1 Å². The highest BCUT2D eigenvalue weighted by Gasteiger charge is 2.04. The summed E-state index contributed by atoms with van der Waals surface area (Å²) in [4.78, 5) is 5.71. The Morgan fingerprint density at radius 2 is 2.20 bits per heavy atom. The first-order chi connectivity index (χ1) is 9.83. The number of para-hydroxylation sites is 1. The molecule has 0 saturated carbocycles. The van der Waals surface area contributed by atoms with Gasteiger partial charge in [0.2, 0.25) is 0 Å². The number of rotatable bonds is 7. The molecule has 2 rings (SSSR count). The number of benzene rings is 1. The summed E-state index contributed by atoms with van der Waals surface area (Å²) in [5.41, 5.74) is 1.11. The normalized spacial score (nSPS) is 10.2. The lowest BCUT2D eigenvalue weighted by Gasteiger charge is -2.09. The number of ether oxygens (including phenoxy) is 1. The molecule has 0 fully saturated rings. The van der Waals surface area contributed by atoms with E-state index < -0.39 is 0 Å². The standard InChI is InChI=1S/C16H18N2OS/c1-3-9-19-15-8-6-5-7-13(15)10-17-12-16-18-11-14(4-2)20-16/h1,5-8,11,17H,4,9-10,12H2,2H3. The van der Waals surface area contributed by atoms with Crippen molar-refractivity contribution >= 4 is 11.3 Å². The summed E-state index contributed by atoms with van der Waals surface area (Å²) in [7, 11) is 0. The minimum absolute atomic E-state index is 0.295. The molecule has 104 valence electrons. The van der Waals surface area contributed by atoms with E-state index in [0.717, 1.165) is 35.8 Å². The Kier molecular flexibility index (Phi) is 5.60.